The first kappa shape index (κ1) is 28.1. The Morgan fingerprint density at radius 2 is 1.57 bits per heavy atom. The van der Waals surface area contributed by atoms with Gasteiger partial charge in [-0.1, -0.05) is 53.6 Å². The van der Waals surface area contributed by atoms with Crippen molar-refractivity contribution in [3.8, 4) is 0 Å². The fraction of sp³-hybridized carbons (Fsp3) is 0.333. The number of fused-ring (bicyclic) bond motifs is 1. The van der Waals surface area contributed by atoms with Gasteiger partial charge in [0.25, 0.3) is 10.0 Å². The molecule has 2 aliphatic heterocycles. The highest BCUT2D eigenvalue weighted by Crippen LogP contribution is 2.39. The highest BCUT2D eigenvalue weighted by atomic mass is 35.5. The molecule has 2 heterocycles. The van der Waals surface area contributed by atoms with E-state index in [1.54, 1.807) is 43.0 Å². The summed E-state index contributed by atoms with van der Waals surface area (Å²) in [5.74, 6) is -0.761. The third-order valence-electron chi connectivity index (χ3n) is 7.52. The molecule has 10 heteroatoms. The van der Waals surface area contributed by atoms with Crippen molar-refractivity contribution in [1.82, 2.24) is 9.80 Å². The van der Waals surface area contributed by atoms with E-state index < -0.39 is 22.0 Å². The summed E-state index contributed by atoms with van der Waals surface area (Å²) in [5.41, 5.74) is 4.05. The maximum absolute atomic E-state index is 14.3. The minimum absolute atomic E-state index is 0.163. The summed E-state index contributed by atoms with van der Waals surface area (Å²) in [7, 11) is -4.17. The predicted molar refractivity (Wildman–Crippen MR) is 157 cm³/mol. The number of rotatable bonds is 6. The number of aryl methyl sites for hydroxylation is 3. The van der Waals surface area contributed by atoms with Gasteiger partial charge in [-0.3, -0.25) is 18.8 Å². The van der Waals surface area contributed by atoms with Crippen LogP contribution < -0.4 is 9.62 Å². The van der Waals surface area contributed by atoms with E-state index in [0.29, 0.717) is 53.7 Å². The lowest BCUT2D eigenvalue weighted by atomic mass is 10.1. The van der Waals surface area contributed by atoms with E-state index in [1.807, 2.05) is 43.3 Å². The normalized spacial score (nSPS) is 17.9. The van der Waals surface area contributed by atoms with Gasteiger partial charge < -0.3 is 10.2 Å². The summed E-state index contributed by atoms with van der Waals surface area (Å²) in [6.45, 7) is 8.54. The van der Waals surface area contributed by atoms with Crippen LogP contribution in [0.2, 0.25) is 5.02 Å². The Kier molecular flexibility index (Phi) is 7.90. The zero-order valence-electron chi connectivity index (χ0n) is 22.9. The van der Waals surface area contributed by atoms with Crippen LogP contribution in [-0.4, -0.2) is 62.3 Å². The smallest absolute Gasteiger partial charge is 0.265 e. The SMILES string of the molecule is Cc1cc(C)c(S(=O)(=O)N2c3ccccc3NC(=O)C2CC(=O)N2CCN(Cc3ccc(Cl)cc3)CC2)c(C)c1. The van der Waals surface area contributed by atoms with Gasteiger partial charge in [0, 0.05) is 37.7 Å². The van der Waals surface area contributed by atoms with Crippen molar-refractivity contribution in [2.75, 3.05) is 35.8 Å². The second kappa shape index (κ2) is 11.2. The lowest BCUT2D eigenvalue weighted by Crippen LogP contribution is -2.55. The third-order valence-corrected chi connectivity index (χ3v) is 9.90. The van der Waals surface area contributed by atoms with Crippen LogP contribution in [0.5, 0.6) is 0 Å². The largest absolute Gasteiger partial charge is 0.340 e. The molecule has 0 aliphatic carbocycles. The molecule has 3 aromatic rings. The molecular formula is C30H33ClN4O4S. The van der Waals surface area contributed by atoms with Crippen molar-refractivity contribution in [2.45, 2.75) is 44.7 Å². The van der Waals surface area contributed by atoms with Crippen molar-refractivity contribution >= 4 is 44.8 Å². The highest BCUT2D eigenvalue weighted by Gasteiger charge is 2.43. The average molecular weight is 581 g/mol. The lowest BCUT2D eigenvalue weighted by Gasteiger charge is -2.39. The predicted octanol–water partition coefficient (Wildman–Crippen LogP) is 4.52. The Morgan fingerprint density at radius 3 is 2.23 bits per heavy atom. The maximum atomic E-state index is 14.3. The molecule has 2 aliphatic rings. The van der Waals surface area contributed by atoms with Crippen molar-refractivity contribution in [1.29, 1.82) is 0 Å². The number of benzene rings is 3. The van der Waals surface area contributed by atoms with Gasteiger partial charge in [0.15, 0.2) is 0 Å². The van der Waals surface area contributed by atoms with Gasteiger partial charge >= 0.3 is 0 Å². The van der Waals surface area contributed by atoms with E-state index in [1.165, 1.54) is 0 Å². The summed E-state index contributed by atoms with van der Waals surface area (Å²) in [5, 5.41) is 3.51. The molecule has 1 N–H and O–H groups in total. The number of amides is 2. The quantitative estimate of drug-likeness (QED) is 0.463. The van der Waals surface area contributed by atoms with Gasteiger partial charge in [-0.05, 0) is 61.7 Å². The van der Waals surface area contributed by atoms with Crippen LogP contribution >= 0.6 is 11.6 Å². The van der Waals surface area contributed by atoms with Crippen LogP contribution in [0.4, 0.5) is 11.4 Å². The van der Waals surface area contributed by atoms with Crippen molar-refractivity contribution in [3.05, 3.63) is 87.9 Å². The van der Waals surface area contributed by atoms with Crippen LogP contribution in [0.15, 0.2) is 65.6 Å². The minimum atomic E-state index is -4.17. The van der Waals surface area contributed by atoms with E-state index >= 15 is 0 Å². The van der Waals surface area contributed by atoms with Crippen LogP contribution in [0.1, 0.15) is 28.7 Å². The molecule has 3 aromatic carbocycles. The van der Waals surface area contributed by atoms with E-state index in [4.69, 9.17) is 11.6 Å². The van der Waals surface area contributed by atoms with E-state index in [0.717, 1.165) is 22.0 Å². The number of piperazine rings is 1. The second-order valence-electron chi connectivity index (χ2n) is 10.5. The van der Waals surface area contributed by atoms with Crippen molar-refractivity contribution < 1.29 is 18.0 Å². The molecule has 8 nitrogen and oxygen atoms in total. The molecule has 1 fully saturated rings. The lowest BCUT2D eigenvalue weighted by molar-refractivity contribution is -0.135. The summed E-state index contributed by atoms with van der Waals surface area (Å²) in [6, 6.07) is 16.9. The topological polar surface area (TPSA) is 90.0 Å². The van der Waals surface area contributed by atoms with Gasteiger partial charge in [0.2, 0.25) is 11.8 Å². The van der Waals surface area contributed by atoms with Crippen LogP contribution in [0.25, 0.3) is 0 Å². The molecule has 0 bridgehead atoms. The Bertz CT molecular complexity index is 1530. The molecule has 0 spiro atoms. The molecule has 1 atom stereocenters. The number of para-hydroxylation sites is 2. The summed E-state index contributed by atoms with van der Waals surface area (Å²) in [4.78, 5) is 31.0. The Hall–Kier alpha value is -3.40. The molecule has 5 rings (SSSR count). The third kappa shape index (κ3) is 5.59. The number of nitrogens with zero attached hydrogens (tertiary/aromatic N) is 3. The number of hydrogen-bond acceptors (Lipinski definition) is 5. The minimum Gasteiger partial charge on any atom is -0.340 e. The molecule has 1 saturated heterocycles. The number of anilines is 2. The Labute approximate surface area is 240 Å². The van der Waals surface area contributed by atoms with Crippen LogP contribution in [0, 0.1) is 20.8 Å². The molecule has 0 radical (unpaired) electrons. The van der Waals surface area contributed by atoms with E-state index in [-0.39, 0.29) is 17.2 Å². The summed E-state index contributed by atoms with van der Waals surface area (Å²) in [6.07, 6.45) is -0.249. The van der Waals surface area contributed by atoms with Gasteiger partial charge in [0.05, 0.1) is 22.7 Å². The fourth-order valence-corrected chi connectivity index (χ4v) is 7.88. The van der Waals surface area contributed by atoms with Crippen molar-refractivity contribution in [3.63, 3.8) is 0 Å². The van der Waals surface area contributed by atoms with E-state index in [9.17, 15) is 18.0 Å². The zero-order valence-corrected chi connectivity index (χ0v) is 24.4. The Morgan fingerprint density at radius 1 is 0.950 bits per heavy atom. The Balaban J connectivity index is 1.38. The molecule has 1 unspecified atom stereocenters. The zero-order chi connectivity index (χ0) is 28.6. The number of hydrogen-bond donors (Lipinski definition) is 1. The number of sulfonamides is 1. The van der Waals surface area contributed by atoms with Crippen LogP contribution in [0.3, 0.4) is 0 Å². The van der Waals surface area contributed by atoms with Gasteiger partial charge in [-0.2, -0.15) is 0 Å². The summed E-state index contributed by atoms with van der Waals surface area (Å²) >= 11 is 5.99. The first-order chi connectivity index (χ1) is 19.0. The first-order valence-electron chi connectivity index (χ1n) is 13.3. The second-order valence-corrected chi connectivity index (χ2v) is 12.7. The van der Waals surface area contributed by atoms with Gasteiger partial charge in [-0.15, -0.1) is 0 Å². The maximum Gasteiger partial charge on any atom is 0.265 e. The molecule has 40 heavy (non-hydrogen) atoms. The molecule has 0 aromatic heterocycles. The number of nitrogens with one attached hydrogen (secondary N) is 1. The molecular weight excluding hydrogens is 548 g/mol. The first-order valence-corrected chi connectivity index (χ1v) is 15.1. The van der Waals surface area contributed by atoms with E-state index in [2.05, 4.69) is 10.2 Å². The number of carbonyl (C=O) groups excluding carboxylic acids is 2. The number of carbonyl (C=O) groups is 2. The van der Waals surface area contributed by atoms with Crippen molar-refractivity contribution in [2.24, 2.45) is 0 Å². The fourth-order valence-electron chi connectivity index (χ4n) is 5.70. The number of halogens is 1. The van der Waals surface area contributed by atoms with Gasteiger partial charge in [-0.25, -0.2) is 8.42 Å². The molecule has 2 amide bonds. The molecule has 0 saturated carbocycles. The van der Waals surface area contributed by atoms with Crippen LogP contribution in [-0.2, 0) is 26.2 Å². The molecule has 210 valence electrons. The average Bonchev–Trinajstić information content (AvgIpc) is 2.90. The highest BCUT2D eigenvalue weighted by molar-refractivity contribution is 7.93. The monoisotopic (exact) mass is 580 g/mol. The summed E-state index contributed by atoms with van der Waals surface area (Å²) < 4.78 is 29.7. The van der Waals surface area contributed by atoms with Gasteiger partial charge in [0.1, 0.15) is 6.04 Å². The standard InChI is InChI=1S/C30H33ClN4O4S/c1-20-16-21(2)29(22(3)17-20)40(38,39)35-26-7-5-4-6-25(26)32-30(37)27(35)18-28(36)34-14-12-33(13-15-34)19-23-8-10-24(31)11-9-23/h4-11,16-17,27H,12-15,18-19H2,1-3H3,(H,32,37).